The summed E-state index contributed by atoms with van der Waals surface area (Å²) < 4.78 is 49.4. The molecule has 11 heteroatoms. The Hall–Kier alpha value is -3.66. The molecule has 1 aliphatic heterocycles. The smallest absolute Gasteiger partial charge is 0.441 e. The zero-order valence-corrected chi connectivity index (χ0v) is 19.5. The third kappa shape index (κ3) is 5.54. The van der Waals surface area contributed by atoms with Gasteiger partial charge in [0, 0.05) is 24.1 Å². The zero-order valence-electron chi connectivity index (χ0n) is 18.7. The van der Waals surface area contributed by atoms with Gasteiger partial charge in [0.2, 0.25) is 0 Å². The number of aromatic amines is 1. The van der Waals surface area contributed by atoms with Crippen molar-refractivity contribution in [2.75, 3.05) is 4.90 Å². The van der Waals surface area contributed by atoms with Gasteiger partial charge in [-0.2, -0.15) is 0 Å². The van der Waals surface area contributed by atoms with Crippen molar-refractivity contribution in [3.05, 3.63) is 97.6 Å². The van der Waals surface area contributed by atoms with Crippen molar-refractivity contribution in [3.8, 4) is 11.5 Å². The van der Waals surface area contributed by atoms with E-state index in [1.165, 1.54) is 16.7 Å². The summed E-state index contributed by atoms with van der Waals surface area (Å²) in [7, 11) is 1.57. The molecule has 3 aromatic rings. The lowest BCUT2D eigenvalue weighted by molar-refractivity contribution is -0.274. The van der Waals surface area contributed by atoms with Gasteiger partial charge in [0.1, 0.15) is 17.2 Å². The highest BCUT2D eigenvalue weighted by Gasteiger charge is 2.32. The lowest BCUT2D eigenvalue weighted by atomic mass is 10.0. The van der Waals surface area contributed by atoms with Crippen molar-refractivity contribution in [2.45, 2.75) is 32.2 Å². The maximum Gasteiger partial charge on any atom is 0.573 e. The fourth-order valence-corrected chi connectivity index (χ4v) is 4.07. The minimum atomic E-state index is -4.85. The van der Waals surface area contributed by atoms with Gasteiger partial charge >= 0.3 is 12.1 Å². The molecule has 0 spiro atoms. The first kappa shape index (κ1) is 24.5. The number of halogens is 4. The van der Waals surface area contributed by atoms with E-state index in [0.29, 0.717) is 17.1 Å². The Kier molecular flexibility index (Phi) is 6.66. The number of aromatic nitrogens is 2. The molecule has 35 heavy (non-hydrogen) atoms. The number of ether oxygens (including phenoxy) is 2. The zero-order chi connectivity index (χ0) is 25.3. The number of nitrogens with zero attached hydrogens (tertiary/aromatic N) is 2. The number of rotatable bonds is 5. The predicted molar refractivity (Wildman–Crippen MR) is 125 cm³/mol. The fraction of sp³-hybridized carbons (Fsp3) is 0.250. The summed E-state index contributed by atoms with van der Waals surface area (Å²) in [5.41, 5.74) is 0.354. The second kappa shape index (κ2) is 9.53. The summed E-state index contributed by atoms with van der Waals surface area (Å²) >= 11 is 6.01. The van der Waals surface area contributed by atoms with Gasteiger partial charge in [0.05, 0.1) is 12.2 Å². The molecule has 2 aromatic carbocycles. The van der Waals surface area contributed by atoms with Gasteiger partial charge in [-0.3, -0.25) is 14.3 Å². The molecule has 0 amide bonds. The van der Waals surface area contributed by atoms with E-state index in [-0.39, 0.29) is 29.8 Å². The van der Waals surface area contributed by atoms with Crippen LogP contribution in [0, 0.1) is 0 Å². The highest BCUT2D eigenvalue weighted by atomic mass is 35.5. The molecule has 1 aromatic heterocycles. The Labute approximate surface area is 203 Å². The van der Waals surface area contributed by atoms with E-state index in [2.05, 4.69) is 9.72 Å². The van der Waals surface area contributed by atoms with E-state index in [0.717, 1.165) is 17.7 Å². The van der Waals surface area contributed by atoms with Crippen molar-refractivity contribution in [1.82, 2.24) is 9.55 Å². The highest BCUT2D eigenvalue weighted by Crippen LogP contribution is 2.35. The lowest BCUT2D eigenvalue weighted by Gasteiger charge is -2.28. The molecule has 1 aliphatic rings. The first-order valence-corrected chi connectivity index (χ1v) is 11.0. The molecule has 4 rings (SSSR count). The van der Waals surface area contributed by atoms with E-state index >= 15 is 0 Å². The molecule has 0 saturated carbocycles. The molecule has 0 radical (unpaired) electrons. The van der Waals surface area contributed by atoms with Gasteiger partial charge in [-0.25, -0.2) is 4.79 Å². The van der Waals surface area contributed by atoms with E-state index in [9.17, 15) is 22.8 Å². The first-order valence-electron chi connectivity index (χ1n) is 10.6. The van der Waals surface area contributed by atoms with Crippen LogP contribution in [-0.2, 0) is 13.6 Å². The number of fused-ring (bicyclic) bond motifs is 1. The number of nitrogens with one attached hydrogen (secondary N) is 1. The van der Waals surface area contributed by atoms with Crippen LogP contribution in [0.15, 0.2) is 70.1 Å². The van der Waals surface area contributed by atoms with Crippen molar-refractivity contribution in [3.63, 3.8) is 0 Å². The number of hydrogen-bond donors (Lipinski definition) is 1. The summed E-state index contributed by atoms with van der Waals surface area (Å²) in [6.45, 7) is 2.04. The predicted octanol–water partition coefficient (Wildman–Crippen LogP) is 5.06. The largest absolute Gasteiger partial charge is 0.573 e. The van der Waals surface area contributed by atoms with E-state index in [1.807, 2.05) is 6.92 Å². The molecule has 0 saturated heterocycles. The second-order valence-corrected chi connectivity index (χ2v) is 8.51. The van der Waals surface area contributed by atoms with Crippen molar-refractivity contribution in [1.29, 1.82) is 0 Å². The van der Waals surface area contributed by atoms with Crippen LogP contribution in [-0.4, -0.2) is 15.9 Å². The Morgan fingerprint density at radius 3 is 2.49 bits per heavy atom. The Balaban J connectivity index is 1.80. The molecule has 1 N–H and O–H groups in total. The van der Waals surface area contributed by atoms with Crippen LogP contribution in [0.3, 0.4) is 0 Å². The number of benzene rings is 2. The summed E-state index contributed by atoms with van der Waals surface area (Å²) in [5, 5.41) is 0.535. The molecule has 0 fully saturated rings. The molecule has 2 heterocycles. The van der Waals surface area contributed by atoms with Gasteiger partial charge in [0.25, 0.3) is 5.56 Å². The lowest BCUT2D eigenvalue weighted by Crippen LogP contribution is -2.38. The van der Waals surface area contributed by atoms with Crippen LogP contribution >= 0.6 is 11.6 Å². The highest BCUT2D eigenvalue weighted by molar-refractivity contribution is 6.30. The minimum absolute atomic E-state index is 0.0801. The number of hydrogen-bond acceptors (Lipinski definition) is 5. The number of alkyl halides is 3. The summed E-state index contributed by atoms with van der Waals surface area (Å²) in [6, 6.07) is 12.1. The van der Waals surface area contributed by atoms with Crippen LogP contribution in [0.1, 0.15) is 30.5 Å². The second-order valence-electron chi connectivity index (χ2n) is 8.07. The van der Waals surface area contributed by atoms with Crippen molar-refractivity contribution in [2.24, 2.45) is 7.05 Å². The summed E-state index contributed by atoms with van der Waals surface area (Å²) in [5.74, 6) is -0.364. The summed E-state index contributed by atoms with van der Waals surface area (Å²) in [4.78, 5) is 29.3. The Morgan fingerprint density at radius 2 is 1.80 bits per heavy atom. The van der Waals surface area contributed by atoms with Crippen LogP contribution < -0.4 is 25.6 Å². The Morgan fingerprint density at radius 1 is 1.11 bits per heavy atom. The van der Waals surface area contributed by atoms with Gasteiger partial charge in [0.15, 0.2) is 5.88 Å². The average Bonchev–Trinajstić information content (AvgIpc) is 2.90. The molecule has 1 atom stereocenters. The maximum absolute atomic E-state index is 13.0. The number of allylic oxidation sites excluding steroid dienone is 1. The third-order valence-corrected chi connectivity index (χ3v) is 5.76. The monoisotopic (exact) mass is 507 g/mol. The van der Waals surface area contributed by atoms with Crippen LogP contribution in [0.2, 0.25) is 5.02 Å². The average molecular weight is 508 g/mol. The van der Waals surface area contributed by atoms with Gasteiger partial charge in [-0.1, -0.05) is 36.7 Å². The quantitative estimate of drug-likeness (QED) is 0.522. The molecule has 7 nitrogen and oxygen atoms in total. The van der Waals surface area contributed by atoms with E-state index < -0.39 is 23.4 Å². The van der Waals surface area contributed by atoms with Crippen molar-refractivity contribution >= 4 is 17.3 Å². The number of anilines is 1. The summed E-state index contributed by atoms with van der Waals surface area (Å²) in [6.07, 6.45) is -2.70. The minimum Gasteiger partial charge on any atom is -0.441 e. The van der Waals surface area contributed by atoms with Crippen LogP contribution in [0.5, 0.6) is 11.5 Å². The molecule has 1 unspecified atom stereocenters. The van der Waals surface area contributed by atoms with E-state index in [4.69, 9.17) is 16.3 Å². The fourth-order valence-electron chi connectivity index (χ4n) is 3.94. The molecule has 0 bridgehead atoms. The maximum atomic E-state index is 13.0. The third-order valence-electron chi connectivity index (χ3n) is 5.51. The van der Waals surface area contributed by atoms with Gasteiger partial charge < -0.3 is 14.4 Å². The SMILES string of the molecule is CC1CC=C(Oc2cccc(OC(F)(F)F)c2)N(Cc2ccc(Cl)cc2)c2c1n(C)c(=O)[nH]c2=O. The van der Waals surface area contributed by atoms with Crippen molar-refractivity contribution < 1.29 is 22.6 Å². The molecule has 184 valence electrons. The standard InChI is InChI=1S/C24H21ClF3N3O4/c1-14-6-11-19(34-17-4-3-5-18(12-17)35-24(26,27)28)31(13-15-7-9-16(25)10-8-15)21-20(14)30(2)23(33)29-22(21)32/h3-5,7-12,14H,6,13H2,1-2H3,(H,29,32,33). The van der Waals surface area contributed by atoms with Gasteiger partial charge in [-0.05, 0) is 42.3 Å². The Bertz CT molecular complexity index is 1380. The van der Waals surface area contributed by atoms with Gasteiger partial charge in [-0.15, -0.1) is 13.2 Å². The first-order chi connectivity index (χ1) is 16.5. The molecular weight excluding hydrogens is 487 g/mol. The van der Waals surface area contributed by atoms with Crippen LogP contribution in [0.25, 0.3) is 0 Å². The van der Waals surface area contributed by atoms with E-state index in [1.54, 1.807) is 42.3 Å². The molecular formula is C24H21ClF3N3O4. The number of H-pyrrole nitrogens is 1. The normalized spacial score (nSPS) is 15.8. The topological polar surface area (TPSA) is 76.6 Å². The van der Waals surface area contributed by atoms with Crippen LogP contribution in [0.4, 0.5) is 18.9 Å². The molecule has 0 aliphatic carbocycles.